The fourth-order valence-electron chi connectivity index (χ4n) is 5.47. The van der Waals surface area contributed by atoms with Crippen molar-refractivity contribution >= 4 is 11.6 Å². The first-order valence-electron chi connectivity index (χ1n) is 11.5. The van der Waals surface area contributed by atoms with Crippen LogP contribution >= 0.6 is 0 Å². The van der Waals surface area contributed by atoms with E-state index in [-0.39, 0.29) is 29.8 Å². The summed E-state index contributed by atoms with van der Waals surface area (Å²) in [7, 11) is 0. The summed E-state index contributed by atoms with van der Waals surface area (Å²) in [5.74, 6) is -0.523. The van der Waals surface area contributed by atoms with Crippen LogP contribution in [0.4, 0.5) is 10.1 Å². The number of carbonyl (C=O) groups excluding carboxylic acids is 1. The van der Waals surface area contributed by atoms with Crippen molar-refractivity contribution in [2.24, 2.45) is 0 Å². The maximum Gasteiger partial charge on any atom is 0.243 e. The molecule has 7 nitrogen and oxygen atoms in total. The molecule has 4 aliphatic heterocycles. The average Bonchev–Trinajstić information content (AvgIpc) is 3.14. The predicted molar refractivity (Wildman–Crippen MR) is 120 cm³/mol. The highest BCUT2D eigenvalue weighted by atomic mass is 19.1. The molecule has 3 saturated heterocycles. The van der Waals surface area contributed by atoms with E-state index in [9.17, 15) is 9.18 Å². The van der Waals surface area contributed by atoms with Gasteiger partial charge in [-0.3, -0.25) is 15.1 Å². The number of nitrogens with one attached hydrogen (secondary N) is 4. The molecular formula is C24H29FN6O. The first-order chi connectivity index (χ1) is 15.6. The average molecular weight is 437 g/mol. The molecule has 0 radical (unpaired) electrons. The SMILES string of the molecule is Cc1cccc(F)c1N1NC2C(CC1=O)NNC2c1ccc2c(c1)CCN(C1CNC1)C2. The van der Waals surface area contributed by atoms with Crippen molar-refractivity contribution in [3.05, 3.63) is 64.5 Å². The van der Waals surface area contributed by atoms with E-state index in [1.54, 1.807) is 6.07 Å². The van der Waals surface area contributed by atoms with Gasteiger partial charge in [0.25, 0.3) is 0 Å². The molecule has 3 atom stereocenters. The van der Waals surface area contributed by atoms with Crippen molar-refractivity contribution in [2.75, 3.05) is 24.6 Å². The molecule has 4 heterocycles. The Hall–Kier alpha value is -2.36. The maximum absolute atomic E-state index is 14.6. The van der Waals surface area contributed by atoms with E-state index in [2.05, 4.69) is 44.7 Å². The molecule has 3 unspecified atom stereocenters. The van der Waals surface area contributed by atoms with Crippen LogP contribution in [0.15, 0.2) is 36.4 Å². The van der Waals surface area contributed by atoms with Gasteiger partial charge in [0.05, 0.1) is 17.8 Å². The van der Waals surface area contributed by atoms with Crippen LogP contribution in [0.5, 0.6) is 0 Å². The number of nitrogens with zero attached hydrogens (tertiary/aromatic N) is 2. The van der Waals surface area contributed by atoms with Crippen LogP contribution in [0.1, 0.15) is 34.7 Å². The molecule has 2 aromatic carbocycles. The molecule has 0 aromatic heterocycles. The van der Waals surface area contributed by atoms with Crippen LogP contribution in [0, 0.1) is 12.7 Å². The molecule has 2 aromatic rings. The molecule has 0 spiro atoms. The number of hydrazine groups is 2. The van der Waals surface area contributed by atoms with E-state index in [4.69, 9.17) is 0 Å². The first kappa shape index (κ1) is 20.3. The molecule has 168 valence electrons. The Morgan fingerprint density at radius 2 is 1.97 bits per heavy atom. The van der Waals surface area contributed by atoms with Gasteiger partial charge in [-0.1, -0.05) is 30.3 Å². The summed E-state index contributed by atoms with van der Waals surface area (Å²) in [6.07, 6.45) is 1.37. The lowest BCUT2D eigenvalue weighted by Gasteiger charge is -2.41. The summed E-state index contributed by atoms with van der Waals surface area (Å²) in [4.78, 5) is 15.4. The topological polar surface area (TPSA) is 71.7 Å². The summed E-state index contributed by atoms with van der Waals surface area (Å²) in [5, 5.41) is 4.78. The first-order valence-corrected chi connectivity index (χ1v) is 11.5. The van der Waals surface area contributed by atoms with E-state index < -0.39 is 0 Å². The minimum Gasteiger partial charge on any atom is -0.314 e. The monoisotopic (exact) mass is 436 g/mol. The summed E-state index contributed by atoms with van der Waals surface area (Å²) < 4.78 is 14.6. The summed E-state index contributed by atoms with van der Waals surface area (Å²) in [6, 6.07) is 12.2. The van der Waals surface area contributed by atoms with Gasteiger partial charge in [-0.05, 0) is 41.7 Å². The molecule has 0 aliphatic carbocycles. The zero-order chi connectivity index (χ0) is 21.8. The highest BCUT2D eigenvalue weighted by molar-refractivity contribution is 5.94. The number of carbonyl (C=O) groups is 1. The Morgan fingerprint density at radius 1 is 1.09 bits per heavy atom. The molecule has 32 heavy (non-hydrogen) atoms. The van der Waals surface area contributed by atoms with Crippen molar-refractivity contribution in [3.8, 4) is 0 Å². The lowest BCUT2D eigenvalue weighted by atomic mass is 9.89. The third-order valence-electron chi connectivity index (χ3n) is 7.46. The lowest BCUT2D eigenvalue weighted by Crippen LogP contribution is -2.60. The van der Waals surface area contributed by atoms with Gasteiger partial charge in [0, 0.05) is 44.7 Å². The van der Waals surface area contributed by atoms with Crippen LogP contribution in [0.25, 0.3) is 0 Å². The molecule has 4 N–H and O–H groups in total. The highest BCUT2D eigenvalue weighted by Gasteiger charge is 2.44. The standard InChI is InChI=1S/C24H29FN6O/c1-14-3-2-4-19(25)24(14)31-21(32)10-20-23(29-31)22(28-27-20)16-5-6-17-13-30(18-11-26-12-18)8-7-15(17)9-16/h2-6,9,18,20,22-23,26-29H,7-8,10-13H2,1H3. The van der Waals surface area contributed by atoms with Crippen LogP contribution in [0.3, 0.4) is 0 Å². The molecule has 0 bridgehead atoms. The maximum atomic E-state index is 14.6. The van der Waals surface area contributed by atoms with E-state index in [1.807, 2.05) is 13.0 Å². The minimum atomic E-state index is -0.389. The van der Waals surface area contributed by atoms with E-state index in [0.717, 1.165) is 38.2 Å². The summed E-state index contributed by atoms with van der Waals surface area (Å²) in [5.41, 5.74) is 15.1. The zero-order valence-corrected chi connectivity index (χ0v) is 18.2. The number of aryl methyl sites for hydroxylation is 1. The largest absolute Gasteiger partial charge is 0.314 e. The molecule has 6 rings (SSSR count). The van der Waals surface area contributed by atoms with Gasteiger partial charge >= 0.3 is 0 Å². The predicted octanol–water partition coefficient (Wildman–Crippen LogP) is 1.29. The number of amides is 1. The Bertz CT molecular complexity index is 1040. The van der Waals surface area contributed by atoms with E-state index in [0.29, 0.717) is 18.2 Å². The molecule has 8 heteroatoms. The van der Waals surface area contributed by atoms with Crippen LogP contribution in [0.2, 0.25) is 0 Å². The third-order valence-corrected chi connectivity index (χ3v) is 7.46. The van der Waals surface area contributed by atoms with Crippen molar-refractivity contribution < 1.29 is 9.18 Å². The lowest BCUT2D eigenvalue weighted by molar-refractivity contribution is -0.121. The molecule has 0 saturated carbocycles. The molecular weight excluding hydrogens is 407 g/mol. The van der Waals surface area contributed by atoms with Crippen molar-refractivity contribution in [1.29, 1.82) is 0 Å². The van der Waals surface area contributed by atoms with E-state index in [1.165, 1.54) is 27.8 Å². The second kappa shape index (κ2) is 7.90. The van der Waals surface area contributed by atoms with Crippen molar-refractivity contribution in [1.82, 2.24) is 26.5 Å². The van der Waals surface area contributed by atoms with Gasteiger partial charge in [0.15, 0.2) is 0 Å². The highest BCUT2D eigenvalue weighted by Crippen LogP contribution is 2.33. The Morgan fingerprint density at radius 3 is 2.75 bits per heavy atom. The normalized spacial score (nSPS) is 28.4. The van der Waals surface area contributed by atoms with Crippen LogP contribution in [-0.4, -0.2) is 48.6 Å². The van der Waals surface area contributed by atoms with Crippen molar-refractivity contribution in [3.63, 3.8) is 0 Å². The second-order valence-corrected chi connectivity index (χ2v) is 9.43. The number of hydrogen-bond donors (Lipinski definition) is 4. The Kier molecular flexibility index (Phi) is 5.00. The third kappa shape index (κ3) is 3.34. The summed E-state index contributed by atoms with van der Waals surface area (Å²) >= 11 is 0. The number of para-hydroxylation sites is 1. The van der Waals surface area contributed by atoms with Crippen molar-refractivity contribution in [2.45, 2.75) is 50.5 Å². The number of benzene rings is 2. The number of hydrogen-bond acceptors (Lipinski definition) is 6. The summed E-state index contributed by atoms with van der Waals surface area (Å²) in [6.45, 7) is 6.12. The fourth-order valence-corrected chi connectivity index (χ4v) is 5.47. The van der Waals surface area contributed by atoms with Crippen LogP contribution in [-0.2, 0) is 17.8 Å². The number of anilines is 1. The van der Waals surface area contributed by atoms with Gasteiger partial charge in [0.1, 0.15) is 5.82 Å². The van der Waals surface area contributed by atoms with E-state index >= 15 is 0 Å². The quantitative estimate of drug-likeness (QED) is 0.582. The fraction of sp³-hybridized carbons (Fsp3) is 0.458. The number of rotatable bonds is 3. The molecule has 4 aliphatic rings. The number of halogens is 1. The molecule has 3 fully saturated rings. The Labute approximate surface area is 187 Å². The zero-order valence-electron chi connectivity index (χ0n) is 18.2. The van der Waals surface area contributed by atoms with Gasteiger partial charge in [-0.15, -0.1) is 0 Å². The number of fused-ring (bicyclic) bond motifs is 2. The molecule has 1 amide bonds. The Balaban J connectivity index is 1.24. The minimum absolute atomic E-state index is 0.0122. The smallest absolute Gasteiger partial charge is 0.243 e. The second-order valence-electron chi connectivity index (χ2n) is 9.43. The van der Waals surface area contributed by atoms with Gasteiger partial charge in [0.2, 0.25) is 5.91 Å². The van der Waals surface area contributed by atoms with Gasteiger partial charge in [-0.2, -0.15) is 0 Å². The van der Waals surface area contributed by atoms with Gasteiger partial charge < -0.3 is 5.32 Å². The van der Waals surface area contributed by atoms with Crippen LogP contribution < -0.4 is 26.6 Å². The van der Waals surface area contributed by atoms with Gasteiger partial charge in [-0.25, -0.2) is 20.3 Å².